The van der Waals surface area contributed by atoms with Crippen LogP contribution in [0.2, 0.25) is 0 Å². The van der Waals surface area contributed by atoms with Crippen LogP contribution < -0.4 is 0 Å². The molecule has 0 saturated carbocycles. The number of hydrogen-bond donors (Lipinski definition) is 0. The van der Waals surface area contributed by atoms with E-state index in [1.807, 2.05) is 18.2 Å². The molecule has 0 saturated heterocycles. The van der Waals surface area contributed by atoms with Crippen molar-refractivity contribution in [3.63, 3.8) is 0 Å². The minimum absolute atomic E-state index is 0.648. The molecule has 12 heavy (non-hydrogen) atoms. The van der Waals surface area contributed by atoms with Crippen LogP contribution in [-0.2, 0) is 11.2 Å². The number of ether oxygens (including phenoxy) is 1. The van der Waals surface area contributed by atoms with Gasteiger partial charge in [0.1, 0.15) is 0 Å². The summed E-state index contributed by atoms with van der Waals surface area (Å²) in [6.45, 7) is 4.56. The van der Waals surface area contributed by atoms with Gasteiger partial charge in [0.15, 0.2) is 6.61 Å². The van der Waals surface area contributed by atoms with Gasteiger partial charge in [0.05, 0.1) is 6.42 Å². The Labute approximate surface area is 74.4 Å². The van der Waals surface area contributed by atoms with Crippen molar-refractivity contribution < 1.29 is 4.74 Å². The quantitative estimate of drug-likeness (QED) is 0.617. The number of hydrogen-bond acceptors (Lipinski definition) is 1. The van der Waals surface area contributed by atoms with Crippen molar-refractivity contribution in [2.24, 2.45) is 0 Å². The lowest BCUT2D eigenvalue weighted by molar-refractivity contribution is 0.212. The average Bonchev–Trinajstić information content (AvgIpc) is 2.06. The Morgan fingerprint density at radius 2 is 2.00 bits per heavy atom. The maximum absolute atomic E-state index is 4.98. The molecule has 0 N–H and O–H groups in total. The Hall–Kier alpha value is -0.950. The van der Waals surface area contributed by atoms with Gasteiger partial charge in [0, 0.05) is 7.11 Å². The van der Waals surface area contributed by atoms with Crippen LogP contribution in [0.1, 0.15) is 5.56 Å². The third-order valence-electron chi connectivity index (χ3n) is 1.65. The molecule has 0 amide bonds. The zero-order valence-electron chi connectivity index (χ0n) is 7.42. The molecule has 0 aliphatic heterocycles. The number of rotatable bonds is 4. The summed E-state index contributed by atoms with van der Waals surface area (Å²) < 4.78 is 4.98. The van der Waals surface area contributed by atoms with Gasteiger partial charge in [-0.15, -0.1) is 6.92 Å². The van der Waals surface area contributed by atoms with Crippen LogP contribution >= 0.6 is 0 Å². The van der Waals surface area contributed by atoms with Gasteiger partial charge in [0.2, 0.25) is 0 Å². The first-order chi connectivity index (χ1) is 5.83. The van der Waals surface area contributed by atoms with Gasteiger partial charge in [0.25, 0.3) is 0 Å². The maximum atomic E-state index is 4.98. The van der Waals surface area contributed by atoms with Crippen molar-refractivity contribution in [1.29, 1.82) is 0 Å². The second kappa shape index (κ2) is 4.83. The van der Waals surface area contributed by atoms with Crippen molar-refractivity contribution >= 4 is 0 Å². The van der Waals surface area contributed by atoms with Crippen LogP contribution in [0.15, 0.2) is 30.3 Å². The molecule has 0 spiro atoms. The standard InChI is InChI=1S/C11H14O/c1-10(9-12-2)8-11-6-4-3-5-7-11/h3-7H,1,8-9H2,2H3. The summed E-state index contributed by atoms with van der Waals surface area (Å²) in [6, 6.07) is 10.3. The van der Waals surface area contributed by atoms with Crippen LogP contribution in [0.5, 0.6) is 0 Å². The van der Waals surface area contributed by atoms with E-state index < -0.39 is 0 Å². The molecule has 1 nitrogen and oxygen atoms in total. The summed E-state index contributed by atoms with van der Waals surface area (Å²) >= 11 is 0. The molecule has 64 valence electrons. The normalized spacial score (nSPS) is 9.83. The fourth-order valence-corrected chi connectivity index (χ4v) is 1.14. The number of methoxy groups -OCH3 is 1. The van der Waals surface area contributed by atoms with E-state index in [9.17, 15) is 0 Å². The molecule has 0 aromatic heterocycles. The Morgan fingerprint density at radius 3 is 2.58 bits per heavy atom. The summed E-state index contributed by atoms with van der Waals surface area (Å²) in [5, 5.41) is 0. The highest BCUT2D eigenvalue weighted by molar-refractivity contribution is 5.19. The highest BCUT2D eigenvalue weighted by Crippen LogP contribution is 2.08. The van der Waals surface area contributed by atoms with Crippen molar-refractivity contribution in [2.75, 3.05) is 13.7 Å². The van der Waals surface area contributed by atoms with E-state index in [0.29, 0.717) is 6.61 Å². The Bertz CT molecular complexity index is 206. The summed E-state index contributed by atoms with van der Waals surface area (Å²) in [5.74, 6) is 1.11. The predicted molar refractivity (Wildman–Crippen MR) is 50.6 cm³/mol. The van der Waals surface area contributed by atoms with Crippen LogP contribution in [0.4, 0.5) is 0 Å². The van der Waals surface area contributed by atoms with E-state index in [1.165, 1.54) is 5.56 Å². The lowest BCUT2D eigenvalue weighted by Crippen LogP contribution is -2.04. The van der Waals surface area contributed by atoms with Gasteiger partial charge in [-0.05, 0) is 11.5 Å². The van der Waals surface area contributed by atoms with Gasteiger partial charge in [-0.25, -0.2) is 0 Å². The van der Waals surface area contributed by atoms with E-state index in [4.69, 9.17) is 4.74 Å². The smallest absolute Gasteiger partial charge is 0.158 e. The zero-order valence-corrected chi connectivity index (χ0v) is 7.42. The highest BCUT2D eigenvalue weighted by Gasteiger charge is 2.05. The van der Waals surface area contributed by atoms with E-state index in [0.717, 1.165) is 12.3 Å². The molecule has 0 atom stereocenters. The first-order valence-corrected chi connectivity index (χ1v) is 4.02. The highest BCUT2D eigenvalue weighted by atomic mass is 16.5. The molecular weight excluding hydrogens is 148 g/mol. The molecule has 1 heteroatoms. The minimum Gasteiger partial charge on any atom is -0.346 e. The zero-order chi connectivity index (χ0) is 8.81. The molecule has 0 aliphatic carbocycles. The molecule has 0 heterocycles. The van der Waals surface area contributed by atoms with E-state index in [1.54, 1.807) is 7.11 Å². The average molecular weight is 162 g/mol. The lowest BCUT2D eigenvalue weighted by atomic mass is 10.0. The predicted octanol–water partition coefficient (Wildman–Crippen LogP) is 2.28. The molecule has 0 fully saturated rings. The van der Waals surface area contributed by atoms with E-state index in [-0.39, 0.29) is 0 Å². The van der Waals surface area contributed by atoms with E-state index in [2.05, 4.69) is 19.1 Å². The Kier molecular flexibility index (Phi) is 3.68. The van der Waals surface area contributed by atoms with Crippen LogP contribution in [0.3, 0.4) is 0 Å². The van der Waals surface area contributed by atoms with Crippen LogP contribution in [0.25, 0.3) is 0 Å². The summed E-state index contributed by atoms with van der Waals surface area (Å²) in [6.07, 6.45) is 0.911. The van der Waals surface area contributed by atoms with Gasteiger partial charge < -0.3 is 4.74 Å². The summed E-state index contributed by atoms with van der Waals surface area (Å²) in [4.78, 5) is 0. The maximum Gasteiger partial charge on any atom is 0.158 e. The van der Waals surface area contributed by atoms with Crippen molar-refractivity contribution in [3.05, 3.63) is 48.7 Å². The van der Waals surface area contributed by atoms with Gasteiger partial charge >= 0.3 is 0 Å². The molecule has 0 unspecified atom stereocenters. The van der Waals surface area contributed by atoms with Crippen molar-refractivity contribution in [2.45, 2.75) is 6.42 Å². The minimum atomic E-state index is 0.648. The number of benzene rings is 1. The second-order valence-electron chi connectivity index (χ2n) is 2.85. The molecule has 0 bridgehead atoms. The fraction of sp³-hybridized carbons (Fsp3) is 0.273. The fourth-order valence-electron chi connectivity index (χ4n) is 1.14. The van der Waals surface area contributed by atoms with Crippen LogP contribution in [0, 0.1) is 12.8 Å². The Balaban J connectivity index is 2.41. The molecule has 1 rings (SSSR count). The SMILES string of the molecule is [CH2-][C+](COC)Cc1ccccc1. The third-order valence-corrected chi connectivity index (χ3v) is 1.65. The first kappa shape index (κ1) is 9.14. The largest absolute Gasteiger partial charge is 0.346 e. The van der Waals surface area contributed by atoms with Gasteiger partial charge in [-0.3, -0.25) is 0 Å². The van der Waals surface area contributed by atoms with E-state index >= 15 is 0 Å². The Morgan fingerprint density at radius 1 is 1.33 bits per heavy atom. The molecule has 0 aliphatic rings. The van der Waals surface area contributed by atoms with Crippen molar-refractivity contribution in [1.82, 2.24) is 0 Å². The summed E-state index contributed by atoms with van der Waals surface area (Å²) in [5.41, 5.74) is 1.29. The van der Waals surface area contributed by atoms with Crippen LogP contribution in [-0.4, -0.2) is 13.7 Å². The van der Waals surface area contributed by atoms with Gasteiger partial charge in [-0.2, -0.15) is 0 Å². The molecule has 1 aromatic carbocycles. The van der Waals surface area contributed by atoms with Gasteiger partial charge in [-0.1, -0.05) is 30.3 Å². The lowest BCUT2D eigenvalue weighted by Gasteiger charge is -2.05. The molecular formula is C11H14O. The second-order valence-corrected chi connectivity index (χ2v) is 2.85. The van der Waals surface area contributed by atoms with Crippen molar-refractivity contribution in [3.8, 4) is 0 Å². The first-order valence-electron chi connectivity index (χ1n) is 4.02. The topological polar surface area (TPSA) is 9.23 Å². The third kappa shape index (κ3) is 2.97. The molecule has 0 radical (unpaired) electrons. The molecule has 1 aromatic rings. The monoisotopic (exact) mass is 162 g/mol. The summed E-state index contributed by atoms with van der Waals surface area (Å²) in [7, 11) is 1.69.